The van der Waals surface area contributed by atoms with Crippen LogP contribution in [-0.2, 0) is 28.6 Å². The van der Waals surface area contributed by atoms with Crippen LogP contribution in [0.15, 0.2) is 60.8 Å². The summed E-state index contributed by atoms with van der Waals surface area (Å²) in [6.07, 6.45) is 43.9. The molecule has 8 nitrogen and oxygen atoms in total. The number of allylic oxidation sites excluding steroid dienone is 10. The van der Waals surface area contributed by atoms with Crippen molar-refractivity contribution < 1.29 is 38.2 Å². The quantitative estimate of drug-likeness (QED) is 0.0269. The molecule has 0 saturated carbocycles. The molecule has 0 radical (unpaired) electrons. The molecule has 54 heavy (non-hydrogen) atoms. The molecule has 0 aliphatic heterocycles. The van der Waals surface area contributed by atoms with Crippen LogP contribution < -0.4 is 5.11 Å². The zero-order valence-electron chi connectivity index (χ0n) is 35.1. The third kappa shape index (κ3) is 34.8. The van der Waals surface area contributed by atoms with Crippen molar-refractivity contribution in [3.05, 3.63) is 60.8 Å². The molecule has 0 N–H and O–H groups in total. The largest absolute Gasteiger partial charge is 0.544 e. The number of quaternary nitrogens is 1. The van der Waals surface area contributed by atoms with Crippen molar-refractivity contribution in [3.8, 4) is 0 Å². The van der Waals surface area contributed by atoms with Crippen LogP contribution in [0.2, 0.25) is 0 Å². The van der Waals surface area contributed by atoms with Gasteiger partial charge >= 0.3 is 11.9 Å². The number of rotatable bonds is 37. The van der Waals surface area contributed by atoms with E-state index < -0.39 is 18.1 Å². The van der Waals surface area contributed by atoms with Crippen molar-refractivity contribution in [2.75, 3.05) is 41.0 Å². The highest BCUT2D eigenvalue weighted by Gasteiger charge is 2.25. The Morgan fingerprint density at radius 3 is 1.56 bits per heavy atom. The standard InChI is InChI=1S/C46H79NO7/c1-6-8-10-12-14-16-18-20-22-23-25-27-29-31-33-35-37-45(49)54-42(40-52-39-38-43(46(50)51)47(3,4)5)41-53-44(48)36-34-32-30-28-26-24-21-19-17-15-13-11-9-7-2/h8,10,14,16,20,22,24-27,42-43H,6-7,9,11-13,15,17-19,21,23,28-41H2,1-5H3/b10-8+,16-14+,22-20+,26-24+,27-25+. The van der Waals surface area contributed by atoms with E-state index in [0.717, 1.165) is 77.0 Å². The highest BCUT2D eigenvalue weighted by molar-refractivity contribution is 5.70. The van der Waals surface area contributed by atoms with Gasteiger partial charge in [0.05, 0.1) is 40.3 Å². The lowest BCUT2D eigenvalue weighted by Gasteiger charge is -2.34. The van der Waals surface area contributed by atoms with Crippen molar-refractivity contribution in [1.82, 2.24) is 0 Å². The molecule has 0 fully saturated rings. The normalized spacial score (nSPS) is 13.6. The average Bonchev–Trinajstić information content (AvgIpc) is 3.12. The maximum Gasteiger partial charge on any atom is 0.306 e. The zero-order valence-corrected chi connectivity index (χ0v) is 35.1. The Hall–Kier alpha value is -2.97. The lowest BCUT2D eigenvalue weighted by Crippen LogP contribution is -2.55. The van der Waals surface area contributed by atoms with Crippen molar-refractivity contribution in [1.29, 1.82) is 0 Å². The summed E-state index contributed by atoms with van der Waals surface area (Å²) in [5.41, 5.74) is 0. The van der Waals surface area contributed by atoms with Gasteiger partial charge in [0.2, 0.25) is 0 Å². The molecule has 2 unspecified atom stereocenters. The molecule has 0 spiro atoms. The fraction of sp³-hybridized carbons (Fsp3) is 0.717. The van der Waals surface area contributed by atoms with Gasteiger partial charge in [0.15, 0.2) is 6.10 Å². The second kappa shape index (κ2) is 37.0. The fourth-order valence-corrected chi connectivity index (χ4v) is 5.82. The summed E-state index contributed by atoms with van der Waals surface area (Å²) in [5, 5.41) is 11.6. The molecule has 0 saturated heterocycles. The number of nitrogens with zero attached hydrogens (tertiary/aromatic N) is 1. The fourth-order valence-electron chi connectivity index (χ4n) is 5.82. The van der Waals surface area contributed by atoms with E-state index in [9.17, 15) is 19.5 Å². The summed E-state index contributed by atoms with van der Waals surface area (Å²) in [5.74, 6) is -1.80. The molecule has 0 aromatic carbocycles. The molecular formula is C46H79NO7. The number of aliphatic carboxylic acids is 1. The molecule has 0 heterocycles. The minimum atomic E-state index is -1.13. The maximum absolute atomic E-state index is 12.7. The summed E-state index contributed by atoms with van der Waals surface area (Å²) in [4.78, 5) is 36.8. The van der Waals surface area contributed by atoms with Crippen molar-refractivity contribution in [3.63, 3.8) is 0 Å². The van der Waals surface area contributed by atoms with Crippen LogP contribution in [0.1, 0.15) is 162 Å². The Bertz CT molecular complexity index is 1070. The van der Waals surface area contributed by atoms with Crippen LogP contribution in [0.4, 0.5) is 0 Å². The van der Waals surface area contributed by atoms with Gasteiger partial charge in [-0.1, -0.05) is 126 Å². The van der Waals surface area contributed by atoms with Gasteiger partial charge in [-0.05, 0) is 77.0 Å². The van der Waals surface area contributed by atoms with Crippen molar-refractivity contribution in [2.24, 2.45) is 0 Å². The first-order valence-corrected chi connectivity index (χ1v) is 21.3. The first-order valence-electron chi connectivity index (χ1n) is 21.3. The van der Waals surface area contributed by atoms with Crippen LogP contribution in [0, 0.1) is 0 Å². The molecule has 310 valence electrons. The average molecular weight is 758 g/mol. The lowest BCUT2D eigenvalue weighted by molar-refractivity contribution is -0.889. The third-order valence-electron chi connectivity index (χ3n) is 9.14. The molecule has 0 aromatic heterocycles. The van der Waals surface area contributed by atoms with E-state index in [1.165, 1.54) is 44.9 Å². The molecule has 8 heteroatoms. The Labute approximate surface area is 330 Å². The van der Waals surface area contributed by atoms with E-state index in [1.54, 1.807) is 21.1 Å². The van der Waals surface area contributed by atoms with E-state index >= 15 is 0 Å². The van der Waals surface area contributed by atoms with Gasteiger partial charge in [-0.2, -0.15) is 0 Å². The summed E-state index contributed by atoms with van der Waals surface area (Å²) in [6, 6.07) is -0.735. The summed E-state index contributed by atoms with van der Waals surface area (Å²) < 4.78 is 17.1. The molecular weight excluding hydrogens is 679 g/mol. The summed E-state index contributed by atoms with van der Waals surface area (Å²) in [7, 11) is 5.38. The molecule has 0 amide bonds. The topological polar surface area (TPSA) is 102 Å². The smallest absolute Gasteiger partial charge is 0.306 e. The number of carbonyl (C=O) groups excluding carboxylic acids is 3. The van der Waals surface area contributed by atoms with E-state index in [-0.39, 0.29) is 49.1 Å². The van der Waals surface area contributed by atoms with E-state index in [0.29, 0.717) is 12.8 Å². The van der Waals surface area contributed by atoms with Crippen LogP contribution in [-0.4, -0.2) is 75.5 Å². The van der Waals surface area contributed by atoms with Crippen LogP contribution in [0.3, 0.4) is 0 Å². The molecule has 0 aromatic rings. The second-order valence-electron chi connectivity index (χ2n) is 15.2. The number of hydrogen-bond acceptors (Lipinski definition) is 7. The number of carbonyl (C=O) groups is 3. The van der Waals surface area contributed by atoms with Gasteiger partial charge in [-0.15, -0.1) is 0 Å². The number of unbranched alkanes of at least 4 members (excludes halogenated alkanes) is 13. The number of esters is 2. The van der Waals surface area contributed by atoms with Gasteiger partial charge in [-0.3, -0.25) is 9.59 Å². The Kier molecular flexibility index (Phi) is 34.9. The zero-order chi connectivity index (χ0) is 40.0. The maximum atomic E-state index is 12.7. The highest BCUT2D eigenvalue weighted by Crippen LogP contribution is 2.12. The Balaban J connectivity index is 4.46. The summed E-state index contributed by atoms with van der Waals surface area (Å²) in [6.45, 7) is 4.48. The summed E-state index contributed by atoms with van der Waals surface area (Å²) >= 11 is 0. The van der Waals surface area contributed by atoms with Gasteiger partial charge < -0.3 is 28.6 Å². The Morgan fingerprint density at radius 1 is 0.574 bits per heavy atom. The van der Waals surface area contributed by atoms with Gasteiger partial charge in [0.25, 0.3) is 0 Å². The van der Waals surface area contributed by atoms with Crippen molar-refractivity contribution >= 4 is 17.9 Å². The second-order valence-corrected chi connectivity index (χ2v) is 15.2. The molecule has 2 atom stereocenters. The highest BCUT2D eigenvalue weighted by atomic mass is 16.6. The van der Waals surface area contributed by atoms with E-state index in [1.807, 2.05) is 0 Å². The van der Waals surface area contributed by atoms with Gasteiger partial charge in [0, 0.05) is 19.3 Å². The first-order chi connectivity index (χ1) is 26.1. The van der Waals surface area contributed by atoms with E-state index in [2.05, 4.69) is 74.6 Å². The van der Waals surface area contributed by atoms with Crippen LogP contribution >= 0.6 is 0 Å². The van der Waals surface area contributed by atoms with Gasteiger partial charge in [-0.25, -0.2) is 0 Å². The minimum absolute atomic E-state index is 0.0208. The third-order valence-corrected chi connectivity index (χ3v) is 9.14. The molecule has 0 aliphatic rings. The SMILES string of the molecule is CC/C=C/C/C=C/C/C=C/C/C=C/CCCCCC(=O)OC(COCCC(C(=O)[O-])[N+](C)(C)C)COC(=O)CCCCC/C=C/CCCCCCCCC. The van der Waals surface area contributed by atoms with Crippen LogP contribution in [0.5, 0.6) is 0 Å². The minimum Gasteiger partial charge on any atom is -0.544 e. The van der Waals surface area contributed by atoms with Gasteiger partial charge in [0.1, 0.15) is 12.6 Å². The molecule has 0 aliphatic carbocycles. The monoisotopic (exact) mass is 758 g/mol. The predicted octanol–water partition coefficient (Wildman–Crippen LogP) is 10.1. The van der Waals surface area contributed by atoms with Crippen LogP contribution in [0.25, 0.3) is 0 Å². The number of carboxylic acids is 1. The number of carboxylic acid groups (broad SMARTS) is 1. The molecule has 0 bridgehead atoms. The molecule has 0 rings (SSSR count). The first kappa shape index (κ1) is 51.0. The predicted molar refractivity (Wildman–Crippen MR) is 222 cm³/mol. The number of likely N-dealkylation sites (N-methyl/N-ethyl adjacent to an activating group) is 1. The lowest BCUT2D eigenvalue weighted by atomic mass is 10.1. The Morgan fingerprint density at radius 2 is 1.04 bits per heavy atom. The van der Waals surface area contributed by atoms with Crippen molar-refractivity contribution in [2.45, 2.75) is 174 Å². The number of hydrogen-bond donors (Lipinski definition) is 0. The number of ether oxygens (including phenoxy) is 3. The van der Waals surface area contributed by atoms with E-state index in [4.69, 9.17) is 14.2 Å².